The summed E-state index contributed by atoms with van der Waals surface area (Å²) in [5, 5.41) is 6.37. The maximum Gasteiger partial charge on any atom is 0.238 e. The molecule has 0 aromatic heterocycles. The van der Waals surface area contributed by atoms with Gasteiger partial charge in [0, 0.05) is 30.9 Å². The number of piperazine rings is 1. The monoisotopic (exact) mass is 261 g/mol. The first-order valence-electron chi connectivity index (χ1n) is 6.88. The molecule has 1 aromatic rings. The minimum Gasteiger partial charge on any atom is -0.325 e. The largest absolute Gasteiger partial charge is 0.325 e. The van der Waals surface area contributed by atoms with Gasteiger partial charge in [-0.15, -0.1) is 0 Å². The Labute approximate surface area is 115 Å². The Morgan fingerprint density at radius 2 is 2.05 bits per heavy atom. The summed E-state index contributed by atoms with van der Waals surface area (Å²) >= 11 is 0. The topological polar surface area (TPSA) is 44.4 Å². The van der Waals surface area contributed by atoms with Gasteiger partial charge < -0.3 is 10.6 Å². The van der Waals surface area contributed by atoms with Crippen LogP contribution in [-0.4, -0.2) is 42.5 Å². The van der Waals surface area contributed by atoms with E-state index in [2.05, 4.69) is 29.4 Å². The Morgan fingerprint density at radius 3 is 2.74 bits per heavy atom. The van der Waals surface area contributed by atoms with Gasteiger partial charge in [-0.1, -0.05) is 17.7 Å². The average molecular weight is 261 g/mol. The van der Waals surface area contributed by atoms with Crippen molar-refractivity contribution in [3.8, 4) is 0 Å². The third kappa shape index (κ3) is 4.04. The van der Waals surface area contributed by atoms with Crippen molar-refractivity contribution >= 4 is 11.6 Å². The van der Waals surface area contributed by atoms with Gasteiger partial charge in [-0.3, -0.25) is 9.69 Å². The molecule has 19 heavy (non-hydrogen) atoms. The molecule has 1 aromatic carbocycles. The van der Waals surface area contributed by atoms with Crippen LogP contribution < -0.4 is 10.6 Å². The van der Waals surface area contributed by atoms with Crippen molar-refractivity contribution in [1.29, 1.82) is 0 Å². The van der Waals surface area contributed by atoms with Crippen molar-refractivity contribution in [2.75, 3.05) is 25.0 Å². The van der Waals surface area contributed by atoms with E-state index in [1.165, 1.54) is 5.56 Å². The molecule has 104 valence electrons. The zero-order valence-electron chi connectivity index (χ0n) is 11.9. The first kappa shape index (κ1) is 14.0. The highest BCUT2D eigenvalue weighted by Crippen LogP contribution is 2.10. The zero-order valence-corrected chi connectivity index (χ0v) is 11.9. The molecule has 4 nitrogen and oxygen atoms in total. The molecule has 0 bridgehead atoms. The van der Waals surface area contributed by atoms with Crippen molar-refractivity contribution in [3.63, 3.8) is 0 Å². The summed E-state index contributed by atoms with van der Waals surface area (Å²) < 4.78 is 0. The maximum atomic E-state index is 12.0. The van der Waals surface area contributed by atoms with Gasteiger partial charge in [-0.25, -0.2) is 0 Å². The summed E-state index contributed by atoms with van der Waals surface area (Å²) in [5.74, 6) is 0.0600. The SMILES string of the molecule is Cc1ccc(NC(=O)CN2CC(C)NCC2C)cc1. The Hall–Kier alpha value is -1.39. The van der Waals surface area contributed by atoms with Gasteiger partial charge in [0.25, 0.3) is 0 Å². The van der Waals surface area contributed by atoms with E-state index in [1.807, 2.05) is 31.2 Å². The van der Waals surface area contributed by atoms with Crippen LogP contribution in [0.3, 0.4) is 0 Å². The second-order valence-corrected chi connectivity index (χ2v) is 5.50. The average Bonchev–Trinajstić information content (AvgIpc) is 2.37. The van der Waals surface area contributed by atoms with E-state index in [4.69, 9.17) is 0 Å². The Bertz CT molecular complexity index is 430. The molecule has 2 unspecified atom stereocenters. The summed E-state index contributed by atoms with van der Waals surface area (Å²) in [5.41, 5.74) is 2.06. The fourth-order valence-corrected chi connectivity index (χ4v) is 2.34. The first-order valence-corrected chi connectivity index (χ1v) is 6.88. The second-order valence-electron chi connectivity index (χ2n) is 5.50. The molecular formula is C15H23N3O. The van der Waals surface area contributed by atoms with E-state index in [9.17, 15) is 4.79 Å². The minimum absolute atomic E-state index is 0.0600. The van der Waals surface area contributed by atoms with Gasteiger partial charge in [-0.2, -0.15) is 0 Å². The number of carbonyl (C=O) groups is 1. The number of nitrogens with one attached hydrogen (secondary N) is 2. The molecule has 2 rings (SSSR count). The van der Waals surface area contributed by atoms with Crippen molar-refractivity contribution < 1.29 is 4.79 Å². The number of hydrogen-bond acceptors (Lipinski definition) is 3. The lowest BCUT2D eigenvalue weighted by Gasteiger charge is -2.36. The summed E-state index contributed by atoms with van der Waals surface area (Å²) in [6.07, 6.45) is 0. The summed E-state index contributed by atoms with van der Waals surface area (Å²) in [7, 11) is 0. The molecule has 2 N–H and O–H groups in total. The third-order valence-corrected chi connectivity index (χ3v) is 3.58. The lowest BCUT2D eigenvalue weighted by Crippen LogP contribution is -2.55. The number of anilines is 1. The third-order valence-electron chi connectivity index (χ3n) is 3.58. The summed E-state index contributed by atoms with van der Waals surface area (Å²) in [6, 6.07) is 8.74. The molecule has 1 fully saturated rings. The normalized spacial score (nSPS) is 24.2. The van der Waals surface area contributed by atoms with Gasteiger partial charge in [0.2, 0.25) is 5.91 Å². The zero-order chi connectivity index (χ0) is 13.8. The lowest BCUT2D eigenvalue weighted by molar-refractivity contribution is -0.118. The minimum atomic E-state index is 0.0600. The van der Waals surface area contributed by atoms with Gasteiger partial charge in [0.15, 0.2) is 0 Å². The van der Waals surface area contributed by atoms with Crippen molar-refractivity contribution in [1.82, 2.24) is 10.2 Å². The number of aryl methyl sites for hydroxylation is 1. The molecule has 1 amide bonds. The van der Waals surface area contributed by atoms with Crippen molar-refractivity contribution in [2.45, 2.75) is 32.9 Å². The molecule has 0 radical (unpaired) electrons. The van der Waals surface area contributed by atoms with Gasteiger partial charge in [0.1, 0.15) is 0 Å². The quantitative estimate of drug-likeness (QED) is 0.869. The van der Waals surface area contributed by atoms with Crippen molar-refractivity contribution in [2.24, 2.45) is 0 Å². The fraction of sp³-hybridized carbons (Fsp3) is 0.533. The molecule has 2 atom stereocenters. The Kier molecular flexibility index (Phi) is 4.56. The number of benzene rings is 1. The number of carbonyl (C=O) groups excluding carboxylic acids is 1. The van der Waals surface area contributed by atoms with Gasteiger partial charge in [-0.05, 0) is 32.9 Å². The van der Waals surface area contributed by atoms with Crippen LogP contribution in [0, 0.1) is 6.92 Å². The number of hydrogen-bond donors (Lipinski definition) is 2. The fourth-order valence-electron chi connectivity index (χ4n) is 2.34. The number of amides is 1. The lowest BCUT2D eigenvalue weighted by atomic mass is 10.1. The standard InChI is InChI=1S/C15H23N3O/c1-11-4-6-14(7-5-11)17-15(19)10-18-9-12(2)16-8-13(18)3/h4-7,12-13,16H,8-10H2,1-3H3,(H,17,19). The van der Waals surface area contributed by atoms with E-state index >= 15 is 0 Å². The van der Waals surface area contributed by atoms with Crippen LogP contribution >= 0.6 is 0 Å². The Balaban J connectivity index is 1.88. The van der Waals surface area contributed by atoms with Crippen LogP contribution in [0.15, 0.2) is 24.3 Å². The highest BCUT2D eigenvalue weighted by Gasteiger charge is 2.23. The molecule has 1 aliphatic rings. The molecule has 1 heterocycles. The Morgan fingerprint density at radius 1 is 1.37 bits per heavy atom. The highest BCUT2D eigenvalue weighted by atomic mass is 16.2. The first-order chi connectivity index (χ1) is 9.04. The van der Waals surface area contributed by atoms with Crippen LogP contribution in [-0.2, 0) is 4.79 Å². The van der Waals surface area contributed by atoms with Crippen LogP contribution in [0.2, 0.25) is 0 Å². The van der Waals surface area contributed by atoms with Gasteiger partial charge in [0.05, 0.1) is 6.54 Å². The second kappa shape index (κ2) is 6.17. The van der Waals surface area contributed by atoms with E-state index < -0.39 is 0 Å². The molecule has 0 aliphatic carbocycles. The molecule has 0 spiro atoms. The molecule has 1 saturated heterocycles. The van der Waals surface area contributed by atoms with Crippen molar-refractivity contribution in [3.05, 3.63) is 29.8 Å². The van der Waals surface area contributed by atoms with E-state index in [0.717, 1.165) is 18.8 Å². The van der Waals surface area contributed by atoms with E-state index in [1.54, 1.807) is 0 Å². The van der Waals surface area contributed by atoms with Crippen LogP contribution in [0.1, 0.15) is 19.4 Å². The van der Waals surface area contributed by atoms with Crippen LogP contribution in [0.5, 0.6) is 0 Å². The maximum absolute atomic E-state index is 12.0. The van der Waals surface area contributed by atoms with Gasteiger partial charge >= 0.3 is 0 Å². The van der Waals surface area contributed by atoms with E-state index in [0.29, 0.717) is 18.6 Å². The molecule has 0 saturated carbocycles. The predicted octanol–water partition coefficient (Wildman–Crippen LogP) is 1.62. The molecule has 1 aliphatic heterocycles. The predicted molar refractivity (Wildman–Crippen MR) is 78.3 cm³/mol. The van der Waals surface area contributed by atoms with Crippen LogP contribution in [0.4, 0.5) is 5.69 Å². The number of rotatable bonds is 3. The summed E-state index contributed by atoms with van der Waals surface area (Å²) in [4.78, 5) is 14.3. The van der Waals surface area contributed by atoms with E-state index in [-0.39, 0.29) is 5.91 Å². The highest BCUT2D eigenvalue weighted by molar-refractivity contribution is 5.92. The smallest absolute Gasteiger partial charge is 0.238 e. The van der Waals surface area contributed by atoms with Crippen LogP contribution in [0.25, 0.3) is 0 Å². The molecule has 4 heteroatoms. The molecular weight excluding hydrogens is 238 g/mol. The number of nitrogens with zero attached hydrogens (tertiary/aromatic N) is 1. The summed E-state index contributed by atoms with van der Waals surface area (Å²) in [6.45, 7) is 8.66.